The number of hydrogen-bond donors (Lipinski definition) is 2. The van der Waals surface area contributed by atoms with Crippen molar-refractivity contribution >= 4 is 45.5 Å². The van der Waals surface area contributed by atoms with Gasteiger partial charge in [-0.2, -0.15) is 0 Å². The first kappa shape index (κ1) is 15.8. The molecule has 1 aromatic rings. The number of nitrogens with one attached hydrogen (secondary N) is 1. The van der Waals surface area contributed by atoms with E-state index in [1.165, 1.54) is 16.7 Å². The van der Waals surface area contributed by atoms with Gasteiger partial charge in [0.25, 0.3) is 5.91 Å². The molecule has 1 aliphatic heterocycles. The molecule has 0 aromatic heterocycles. The first-order valence-corrected chi connectivity index (χ1v) is 8.08. The second-order valence-electron chi connectivity index (χ2n) is 4.38. The number of carboxylic acids is 1. The summed E-state index contributed by atoms with van der Waals surface area (Å²) in [6.07, 6.45) is 0. The van der Waals surface area contributed by atoms with Crippen LogP contribution in [0.4, 0.5) is 0 Å². The van der Waals surface area contributed by atoms with Gasteiger partial charge < -0.3 is 15.3 Å². The maximum absolute atomic E-state index is 12.0. The minimum absolute atomic E-state index is 0.218. The number of carbonyl (C=O) groups is 3. The highest BCUT2D eigenvalue weighted by Gasteiger charge is 2.34. The van der Waals surface area contributed by atoms with Crippen molar-refractivity contribution in [1.82, 2.24) is 10.2 Å². The van der Waals surface area contributed by atoms with Crippen LogP contribution in [0.3, 0.4) is 0 Å². The van der Waals surface area contributed by atoms with Crippen LogP contribution >= 0.6 is 27.7 Å². The van der Waals surface area contributed by atoms with E-state index in [1.54, 1.807) is 24.3 Å². The maximum atomic E-state index is 12.0. The lowest BCUT2D eigenvalue weighted by Gasteiger charge is -2.20. The molecule has 6 nitrogen and oxygen atoms in total. The van der Waals surface area contributed by atoms with Gasteiger partial charge in [-0.1, -0.05) is 12.1 Å². The molecule has 1 aromatic carbocycles. The Morgan fingerprint density at radius 1 is 1.38 bits per heavy atom. The molecule has 1 fully saturated rings. The lowest BCUT2D eigenvalue weighted by Crippen LogP contribution is -2.46. The van der Waals surface area contributed by atoms with E-state index in [0.717, 1.165) is 0 Å². The number of amides is 2. The van der Waals surface area contributed by atoms with Gasteiger partial charge >= 0.3 is 5.97 Å². The summed E-state index contributed by atoms with van der Waals surface area (Å²) in [5.41, 5.74) is 0.427. The van der Waals surface area contributed by atoms with E-state index in [-0.39, 0.29) is 12.5 Å². The number of halogens is 1. The second kappa shape index (κ2) is 6.95. The van der Waals surface area contributed by atoms with Gasteiger partial charge in [-0.15, -0.1) is 11.8 Å². The minimum Gasteiger partial charge on any atom is -0.480 e. The molecule has 1 atom stereocenters. The van der Waals surface area contributed by atoms with Crippen LogP contribution in [0.25, 0.3) is 0 Å². The smallest absolute Gasteiger partial charge is 0.327 e. The van der Waals surface area contributed by atoms with Crippen molar-refractivity contribution in [3.63, 3.8) is 0 Å². The van der Waals surface area contributed by atoms with Gasteiger partial charge in [0.05, 0.1) is 18.0 Å². The topological polar surface area (TPSA) is 86.7 Å². The van der Waals surface area contributed by atoms with Gasteiger partial charge in [-0.25, -0.2) is 4.79 Å². The number of hydrogen-bond acceptors (Lipinski definition) is 4. The monoisotopic (exact) mass is 372 g/mol. The molecule has 2 rings (SSSR count). The largest absolute Gasteiger partial charge is 0.480 e. The number of benzene rings is 1. The Balaban J connectivity index is 1.94. The molecule has 112 valence electrons. The molecule has 1 heterocycles. The van der Waals surface area contributed by atoms with E-state index < -0.39 is 17.9 Å². The average molecular weight is 373 g/mol. The predicted molar refractivity (Wildman–Crippen MR) is 82.1 cm³/mol. The Kier molecular flexibility index (Phi) is 5.24. The lowest BCUT2D eigenvalue weighted by atomic mass is 10.2. The van der Waals surface area contributed by atoms with Crippen LogP contribution < -0.4 is 5.32 Å². The molecule has 0 spiro atoms. The van der Waals surface area contributed by atoms with Crippen LogP contribution in [-0.4, -0.2) is 52.0 Å². The number of carboxylic acid groups (broad SMARTS) is 1. The summed E-state index contributed by atoms with van der Waals surface area (Å²) in [7, 11) is 0. The molecule has 1 saturated heterocycles. The third-order valence-corrected chi connectivity index (χ3v) is 4.71. The summed E-state index contributed by atoms with van der Waals surface area (Å²) in [4.78, 5) is 36.3. The number of rotatable bonds is 4. The van der Waals surface area contributed by atoms with Crippen molar-refractivity contribution in [2.75, 3.05) is 18.2 Å². The zero-order valence-corrected chi connectivity index (χ0v) is 13.3. The van der Waals surface area contributed by atoms with E-state index >= 15 is 0 Å². The van der Waals surface area contributed by atoms with Crippen molar-refractivity contribution in [3.8, 4) is 0 Å². The molecule has 8 heteroatoms. The van der Waals surface area contributed by atoms with Crippen LogP contribution in [-0.2, 0) is 9.59 Å². The Morgan fingerprint density at radius 3 is 2.76 bits per heavy atom. The van der Waals surface area contributed by atoms with E-state index in [1.807, 2.05) is 0 Å². The van der Waals surface area contributed by atoms with Crippen molar-refractivity contribution in [2.45, 2.75) is 6.04 Å². The van der Waals surface area contributed by atoms with Crippen LogP contribution in [0, 0.1) is 0 Å². The second-order valence-corrected chi connectivity index (χ2v) is 6.23. The third kappa shape index (κ3) is 3.76. The molecule has 0 aliphatic carbocycles. The summed E-state index contributed by atoms with van der Waals surface area (Å²) in [6, 6.07) is 6.05. The first-order valence-electron chi connectivity index (χ1n) is 6.13. The highest BCUT2D eigenvalue weighted by Crippen LogP contribution is 2.21. The highest BCUT2D eigenvalue weighted by atomic mass is 79.9. The van der Waals surface area contributed by atoms with E-state index in [2.05, 4.69) is 21.2 Å². The van der Waals surface area contributed by atoms with Gasteiger partial charge in [0.1, 0.15) is 6.04 Å². The van der Waals surface area contributed by atoms with Crippen molar-refractivity contribution < 1.29 is 19.5 Å². The van der Waals surface area contributed by atoms with Gasteiger partial charge in [0.15, 0.2) is 0 Å². The predicted octanol–water partition coefficient (Wildman–Crippen LogP) is 1.17. The molecule has 2 N–H and O–H groups in total. The summed E-state index contributed by atoms with van der Waals surface area (Å²) in [6.45, 7) is -0.218. The normalized spacial score (nSPS) is 17.6. The lowest BCUT2D eigenvalue weighted by molar-refractivity contribution is -0.147. The zero-order chi connectivity index (χ0) is 15.4. The average Bonchev–Trinajstić information content (AvgIpc) is 2.94. The number of aliphatic carboxylic acids is 1. The summed E-state index contributed by atoms with van der Waals surface area (Å²) < 4.78 is 0.634. The first-order chi connectivity index (χ1) is 10.0. The Morgan fingerprint density at radius 2 is 2.10 bits per heavy atom. The number of thioether (sulfide) groups is 1. The van der Waals surface area contributed by atoms with E-state index in [4.69, 9.17) is 5.11 Å². The third-order valence-electron chi connectivity index (χ3n) is 3.01. The summed E-state index contributed by atoms with van der Waals surface area (Å²) in [5, 5.41) is 11.5. The van der Waals surface area contributed by atoms with Crippen molar-refractivity contribution in [2.24, 2.45) is 0 Å². The SMILES string of the molecule is O=C(NCC(=O)N1CSC[C@H]1C(=O)O)c1ccccc1Br. The minimum atomic E-state index is -1.02. The fraction of sp³-hybridized carbons (Fsp3) is 0.308. The molecule has 2 amide bonds. The van der Waals surface area contributed by atoms with Gasteiger partial charge in [0.2, 0.25) is 5.91 Å². The summed E-state index contributed by atoms with van der Waals surface area (Å²) >= 11 is 4.65. The van der Waals surface area contributed by atoms with Crippen LogP contribution in [0.2, 0.25) is 0 Å². The fourth-order valence-electron chi connectivity index (χ4n) is 1.89. The molecule has 1 aliphatic rings. The van der Waals surface area contributed by atoms with Crippen molar-refractivity contribution in [1.29, 1.82) is 0 Å². The molecule has 0 radical (unpaired) electrons. The van der Waals surface area contributed by atoms with Crippen LogP contribution in [0.5, 0.6) is 0 Å². The van der Waals surface area contributed by atoms with Gasteiger partial charge in [-0.05, 0) is 28.1 Å². The number of carbonyl (C=O) groups excluding carboxylic acids is 2. The molecular formula is C13H13BrN2O4S. The van der Waals surface area contributed by atoms with E-state index in [0.29, 0.717) is 21.7 Å². The molecular weight excluding hydrogens is 360 g/mol. The molecule has 0 bridgehead atoms. The van der Waals surface area contributed by atoms with Gasteiger partial charge in [-0.3, -0.25) is 9.59 Å². The highest BCUT2D eigenvalue weighted by molar-refractivity contribution is 9.10. The maximum Gasteiger partial charge on any atom is 0.327 e. The Hall–Kier alpha value is -1.54. The van der Waals surface area contributed by atoms with Crippen LogP contribution in [0.1, 0.15) is 10.4 Å². The van der Waals surface area contributed by atoms with Gasteiger partial charge in [0, 0.05) is 10.2 Å². The fourth-order valence-corrected chi connectivity index (χ4v) is 3.53. The Bertz CT molecular complexity index is 581. The Labute approximate surface area is 134 Å². The summed E-state index contributed by atoms with van der Waals surface area (Å²) in [5.74, 6) is -1.09. The zero-order valence-electron chi connectivity index (χ0n) is 10.9. The number of nitrogens with zero attached hydrogens (tertiary/aromatic N) is 1. The quantitative estimate of drug-likeness (QED) is 0.828. The molecule has 0 saturated carbocycles. The van der Waals surface area contributed by atoms with E-state index in [9.17, 15) is 14.4 Å². The van der Waals surface area contributed by atoms with Crippen molar-refractivity contribution in [3.05, 3.63) is 34.3 Å². The standard InChI is InChI=1S/C13H13BrN2O4S/c14-9-4-2-1-3-8(9)12(18)15-5-11(17)16-7-21-6-10(16)13(19)20/h1-4,10H,5-7H2,(H,15,18)(H,19,20)/t10-/m0/s1. The van der Waals surface area contributed by atoms with Crippen LogP contribution in [0.15, 0.2) is 28.7 Å². The molecule has 21 heavy (non-hydrogen) atoms. The molecule has 0 unspecified atom stereocenters.